The Morgan fingerprint density at radius 2 is 1.06 bits per heavy atom. The highest BCUT2D eigenvalue weighted by atomic mass is 32.2. The first-order valence-electron chi connectivity index (χ1n) is 44.6. The van der Waals surface area contributed by atoms with Crippen molar-refractivity contribution in [2.45, 2.75) is 215 Å². The molecule has 133 heavy (non-hydrogen) atoms. The number of unbranched alkanes of at least 4 members (excludes halogenated alkanes) is 3. The van der Waals surface area contributed by atoms with Crippen LogP contribution in [0.3, 0.4) is 0 Å². The second-order valence-corrected chi connectivity index (χ2v) is 34.3. The molecule has 43 nitrogen and oxygen atoms in total. The number of aliphatic hydroxyl groups excluding tert-OH is 1. The quantitative estimate of drug-likeness (QED) is 0.0132. The van der Waals surface area contributed by atoms with Crippen LogP contribution in [0.25, 0.3) is 21.8 Å². The van der Waals surface area contributed by atoms with Gasteiger partial charge in [-0.2, -0.15) is 0 Å². The number of guanidine groups is 1. The first-order valence-corrected chi connectivity index (χ1v) is 45.7. The zero-order valence-electron chi connectivity index (χ0n) is 76.0. The smallest absolute Gasteiger partial charge is 0.246 e. The number of hydrogen-bond acceptors (Lipinski definition) is 22. The number of aromatic nitrogens is 4. The summed E-state index contributed by atoms with van der Waals surface area (Å²) >= 11 is 0.793. The van der Waals surface area contributed by atoms with Gasteiger partial charge >= 0.3 is 0 Å². The van der Waals surface area contributed by atoms with E-state index in [1.54, 1.807) is 91.3 Å². The Bertz CT molecular complexity index is 5050. The standard InChI is InChI=1S/C89H127N25O18S/c1-8-10-31-69-82(126)103-60(30-21-35-96-89(93)94)78(122)109-68(77(121)99-45-73(92)117)48-133-49-75(119)102-64(37-52-23-13-12-14-24-52)85(129)111(5)51(3)76(120)106-66(41-72(91)116)87(131)114-36-22-33-70(114)83(127)105-63(40-55-44-95-50-100-55)80(124)104-61(29-19-20-34-90)84(128)110(4)46-74(118)101-62(38-53-42-97-58-27-17-15-25-56(53)58)79(123)108-67(47-115)81(125)107-65(39-54-43-98-59-28-18-16-26-57(54)59)86(130)113(7)71(32-11-9-2)88(132)112(69)6/h12-18,23-28,42-44,50-51,60-71,97-98,115H,8-11,19-22,29-41,45-49,90H2,1-7H3,(H2,91,116)(H2,92,117)(H,95,100)(H,99,121)(H,101,118)(H,102,119)(H,103,126)(H,104,124)(H,105,127)(H,106,120)(H,107,125)(H,108,123)(H,109,122)(H4,93,94,96)/t51-,60-,61-,62-,63-,64-,65-,66-,67-,68-,69-,70-,71-/m0/s1. The maximum Gasteiger partial charge on any atom is 0.246 e. The minimum Gasteiger partial charge on any atom is -0.394 e. The molecule has 44 heteroatoms. The number of nitrogens with two attached hydrogens (primary N) is 4. The van der Waals surface area contributed by atoms with E-state index >= 15 is 24.0 Å². The van der Waals surface area contributed by atoms with E-state index < -0.39 is 223 Å². The topological polar surface area (TPSA) is 647 Å². The van der Waals surface area contributed by atoms with Gasteiger partial charge < -0.3 is 126 Å². The maximum atomic E-state index is 15.7. The number of carbonyl (C=O) groups excluding carboxylic acids is 17. The Labute approximate surface area is 774 Å². The van der Waals surface area contributed by atoms with Crippen LogP contribution in [-0.4, -0.2) is 313 Å². The summed E-state index contributed by atoms with van der Waals surface area (Å²) < 4.78 is 0. The minimum atomic E-state index is -1.86. The number of likely N-dealkylation sites (N-methyl/N-ethyl adjacent to an activating group) is 4. The zero-order chi connectivity index (χ0) is 97.1. The summed E-state index contributed by atoms with van der Waals surface area (Å²) in [6.07, 6.45) is 6.51. The van der Waals surface area contributed by atoms with Crippen LogP contribution in [0.1, 0.15) is 133 Å². The lowest BCUT2D eigenvalue weighted by Gasteiger charge is -2.36. The first-order chi connectivity index (χ1) is 63.6. The molecular formula is C89H127N25O18S. The van der Waals surface area contributed by atoms with E-state index in [0.29, 0.717) is 76.3 Å². The van der Waals surface area contributed by atoms with Gasteiger partial charge in [-0.3, -0.25) is 86.9 Å². The van der Waals surface area contributed by atoms with Crippen LogP contribution in [0.2, 0.25) is 0 Å². The van der Waals surface area contributed by atoms with Gasteiger partial charge in [0.15, 0.2) is 5.96 Å². The number of para-hydroxylation sites is 2. The van der Waals surface area contributed by atoms with Crippen molar-refractivity contribution in [1.82, 2.24) is 103 Å². The van der Waals surface area contributed by atoms with Gasteiger partial charge in [0.05, 0.1) is 38.2 Å². The van der Waals surface area contributed by atoms with Crippen LogP contribution in [0.15, 0.2) is 104 Å². The second-order valence-electron chi connectivity index (χ2n) is 33.3. The van der Waals surface area contributed by atoms with Crippen molar-refractivity contribution in [3.8, 4) is 0 Å². The Balaban J connectivity index is 1.18. The monoisotopic (exact) mass is 1870 g/mol. The molecule has 2 fully saturated rings. The van der Waals surface area contributed by atoms with Gasteiger partial charge in [-0.25, -0.2) is 4.98 Å². The lowest BCUT2D eigenvalue weighted by Crippen LogP contribution is -2.61. The molecule has 3 aromatic carbocycles. The number of hydrogen-bond donors (Lipinski definition) is 20. The van der Waals surface area contributed by atoms with E-state index in [0.717, 1.165) is 36.3 Å². The minimum absolute atomic E-state index is 0.000283. The summed E-state index contributed by atoms with van der Waals surface area (Å²) in [5.41, 5.74) is 25.9. The number of nitrogens with one attached hydrogen (secondary N) is 15. The average Bonchev–Trinajstić information content (AvgIpc) is 1.80. The molecule has 0 spiro atoms. The summed E-state index contributed by atoms with van der Waals surface area (Å²) in [5, 5.41) is 49.4. The molecule has 8 rings (SSSR count). The average molecular weight is 1870 g/mol. The second kappa shape index (κ2) is 51.9. The number of aromatic amines is 3. The molecule has 722 valence electrons. The molecule has 2 aliphatic rings. The molecule has 3 aromatic heterocycles. The number of nitrogens with zero attached hydrogens (tertiary/aromatic N) is 6. The SMILES string of the molecule is CCCC[C@H]1C(=O)N(C)[C@@H](CCCC)C(=O)N[C@@H](CCCNC(=N)N)C(=O)N[C@H](C(=O)NCC(N)=O)CSCC(=O)N[C@@H](Cc2ccccc2)C(=O)N(C)[C@@H](C)C(=O)N[C@@H](CC(N)=O)C(=O)N2CCC[C@H]2C(=O)N[C@@H](Cc2cnc[nH]2)C(=O)N[C@@H](CCCCN)C(=O)N(C)CC(=O)N[C@@H](Cc2c[nH]c3ccccc23)C(=O)N[C@@H](CO)C(=O)N[C@@H](Cc2c[nH]c3ccccc23)C(=O)N1C. The molecule has 0 aliphatic carbocycles. The van der Waals surface area contributed by atoms with Gasteiger partial charge in [0.25, 0.3) is 0 Å². The van der Waals surface area contributed by atoms with Crippen molar-refractivity contribution >= 4 is 140 Å². The van der Waals surface area contributed by atoms with Gasteiger partial charge in [0.1, 0.15) is 78.5 Å². The summed E-state index contributed by atoms with van der Waals surface area (Å²) in [7, 11) is 5.23. The number of rotatable bonds is 28. The molecule has 0 radical (unpaired) electrons. The summed E-state index contributed by atoms with van der Waals surface area (Å²) in [5.74, 6) is -16.9. The molecule has 6 aromatic rings. The molecule has 0 bridgehead atoms. The first kappa shape index (κ1) is 105. The van der Waals surface area contributed by atoms with Gasteiger partial charge in [-0.1, -0.05) is 106 Å². The van der Waals surface area contributed by atoms with E-state index in [-0.39, 0.29) is 96.7 Å². The van der Waals surface area contributed by atoms with Crippen LogP contribution >= 0.6 is 11.8 Å². The highest BCUT2D eigenvalue weighted by molar-refractivity contribution is 8.00. The van der Waals surface area contributed by atoms with Crippen molar-refractivity contribution in [2.75, 3.05) is 79.0 Å². The fourth-order valence-corrected chi connectivity index (χ4v) is 16.7. The van der Waals surface area contributed by atoms with E-state index in [9.17, 15) is 62.6 Å². The molecule has 0 unspecified atom stereocenters. The third-order valence-electron chi connectivity index (χ3n) is 23.4. The Morgan fingerprint density at radius 3 is 1.67 bits per heavy atom. The number of primary amides is 2. The highest BCUT2D eigenvalue weighted by Gasteiger charge is 2.44. The summed E-state index contributed by atoms with van der Waals surface area (Å²) in [6.45, 7) is 2.52. The predicted molar refractivity (Wildman–Crippen MR) is 493 cm³/mol. The number of imidazole rings is 1. The molecule has 24 N–H and O–H groups in total. The van der Waals surface area contributed by atoms with E-state index in [2.05, 4.69) is 78.4 Å². The van der Waals surface area contributed by atoms with Gasteiger partial charge in [0, 0.05) is 119 Å². The fraction of sp³-hybridized carbons (Fsp3) is 0.517. The van der Waals surface area contributed by atoms with Crippen molar-refractivity contribution < 1.29 is 86.6 Å². The molecule has 5 heterocycles. The van der Waals surface area contributed by atoms with Gasteiger partial charge in [-0.15, -0.1) is 11.8 Å². The van der Waals surface area contributed by atoms with Gasteiger partial charge in [0.2, 0.25) is 100 Å². The van der Waals surface area contributed by atoms with E-state index in [1.165, 1.54) is 47.6 Å². The Hall–Kier alpha value is -13.5. The zero-order valence-corrected chi connectivity index (χ0v) is 76.8. The van der Waals surface area contributed by atoms with Gasteiger partial charge in [-0.05, 0) is 100 Å². The Kier molecular flexibility index (Phi) is 40.9. The Morgan fingerprint density at radius 1 is 0.519 bits per heavy atom. The molecule has 13 atom stereocenters. The highest BCUT2D eigenvalue weighted by Crippen LogP contribution is 2.26. The summed E-state index contributed by atoms with van der Waals surface area (Å²) in [6, 6.07) is 2.77. The molecular weight excluding hydrogens is 1740 g/mol. The number of benzene rings is 3. The van der Waals surface area contributed by atoms with Crippen molar-refractivity contribution in [3.63, 3.8) is 0 Å². The fourth-order valence-electron chi connectivity index (χ4n) is 15.9. The number of H-pyrrole nitrogens is 3. The molecule has 2 saturated heterocycles. The molecule has 0 saturated carbocycles. The van der Waals surface area contributed by atoms with Crippen LogP contribution in [0.4, 0.5) is 0 Å². The lowest BCUT2D eigenvalue weighted by molar-refractivity contribution is -0.149. The van der Waals surface area contributed by atoms with E-state index in [4.69, 9.17) is 28.3 Å². The van der Waals surface area contributed by atoms with Crippen molar-refractivity contribution in [1.29, 1.82) is 5.41 Å². The largest absolute Gasteiger partial charge is 0.394 e. The maximum absolute atomic E-state index is 15.7. The van der Waals surface area contributed by atoms with Crippen LogP contribution in [-0.2, 0) is 107 Å². The number of aliphatic hydroxyl groups is 1. The third kappa shape index (κ3) is 30.8. The third-order valence-corrected chi connectivity index (χ3v) is 24.4. The normalized spacial score (nSPS) is 23.4. The van der Waals surface area contributed by atoms with Crippen LogP contribution in [0.5, 0.6) is 0 Å². The number of thioether (sulfide) groups is 1. The van der Waals surface area contributed by atoms with Crippen LogP contribution < -0.4 is 81.4 Å². The van der Waals surface area contributed by atoms with E-state index in [1.807, 2.05) is 13.8 Å². The lowest BCUT2D eigenvalue weighted by atomic mass is 10.00. The number of amides is 17. The van der Waals surface area contributed by atoms with Crippen molar-refractivity contribution in [2.24, 2.45) is 22.9 Å². The number of carbonyl (C=O) groups is 17. The molecule has 2 aliphatic heterocycles. The van der Waals surface area contributed by atoms with Crippen molar-refractivity contribution in [3.05, 3.63) is 126 Å². The number of fused-ring (bicyclic) bond motifs is 3. The summed E-state index contributed by atoms with van der Waals surface area (Å²) in [4.78, 5) is 267. The predicted octanol–water partition coefficient (Wildman–Crippen LogP) is -3.05. The molecule has 17 amide bonds. The van der Waals surface area contributed by atoms with Crippen LogP contribution in [0, 0.1) is 5.41 Å².